The van der Waals surface area contributed by atoms with E-state index < -0.39 is 0 Å². The van der Waals surface area contributed by atoms with Crippen LogP contribution in [0.1, 0.15) is 0 Å². The Balaban J connectivity index is 1.90. The number of hydrogen-bond acceptors (Lipinski definition) is 4. The van der Waals surface area contributed by atoms with Gasteiger partial charge in [0.2, 0.25) is 0 Å². The van der Waals surface area contributed by atoms with Crippen LogP contribution < -0.4 is 0 Å². The average molecular weight is 171 g/mol. The molecule has 0 radical (unpaired) electrons. The van der Waals surface area contributed by atoms with E-state index in [1.54, 1.807) is 7.11 Å². The summed E-state index contributed by atoms with van der Waals surface area (Å²) >= 11 is 0. The fourth-order valence-electron chi connectivity index (χ4n) is 1.44. The maximum atomic E-state index is 8.08. The molecule has 0 unspecified atom stereocenters. The summed E-state index contributed by atoms with van der Waals surface area (Å²) < 4.78 is 15.6. The van der Waals surface area contributed by atoms with Gasteiger partial charge in [0.25, 0.3) is 0 Å². The Labute approximate surface area is 69.0 Å². The molecule has 0 spiro atoms. The molecule has 0 amide bonds. The summed E-state index contributed by atoms with van der Waals surface area (Å²) in [5, 5.41) is 3.42. The first-order valence-electron chi connectivity index (χ1n) is 3.71. The Morgan fingerprint density at radius 3 is 2.92 bits per heavy atom. The second-order valence-electron chi connectivity index (χ2n) is 2.76. The van der Waals surface area contributed by atoms with E-state index in [0.717, 1.165) is 0 Å². The zero-order valence-corrected chi connectivity index (χ0v) is 6.58. The highest BCUT2D eigenvalue weighted by Crippen LogP contribution is 2.39. The number of rotatable bonds is 3. The molecule has 2 heterocycles. The Hall–Kier alpha value is -0.810. The number of hydrogen-bond donors (Lipinski definition) is 0. The van der Waals surface area contributed by atoms with Gasteiger partial charge in [0.05, 0.1) is 12.6 Å². The van der Waals surface area contributed by atoms with Crippen molar-refractivity contribution >= 4 is 0 Å². The van der Waals surface area contributed by atoms with Gasteiger partial charge >= 0.3 is 0 Å². The molecule has 0 aromatic carbocycles. The molecule has 2 saturated heterocycles. The molecule has 2 fully saturated rings. The molecule has 0 aliphatic carbocycles. The first-order valence-corrected chi connectivity index (χ1v) is 3.71. The molecular formula is C6H9N3O3. The topological polar surface area (TPSA) is 79.8 Å². The maximum absolute atomic E-state index is 8.08. The van der Waals surface area contributed by atoms with E-state index in [9.17, 15) is 0 Å². The summed E-state index contributed by atoms with van der Waals surface area (Å²) in [5.41, 5.74) is 8.08. The zero-order valence-electron chi connectivity index (χ0n) is 6.58. The largest absolute Gasteiger partial charge is 0.361 e. The first-order chi connectivity index (χ1) is 5.86. The molecule has 12 heavy (non-hydrogen) atoms. The van der Waals surface area contributed by atoms with Gasteiger partial charge in [0.1, 0.15) is 12.2 Å². The monoisotopic (exact) mass is 171 g/mol. The SMILES string of the molecule is CO[C@H]1O[C@@H](CN=[N+]=[N-])[C@@H]2O[C@H]12. The van der Waals surface area contributed by atoms with Crippen LogP contribution in [0.3, 0.4) is 0 Å². The third kappa shape index (κ3) is 1.15. The van der Waals surface area contributed by atoms with Crippen molar-refractivity contribution in [1.29, 1.82) is 0 Å². The summed E-state index contributed by atoms with van der Waals surface area (Å²) in [6.07, 6.45) is -0.293. The number of methoxy groups -OCH3 is 1. The van der Waals surface area contributed by atoms with Crippen LogP contribution in [0.2, 0.25) is 0 Å². The number of fused-ring (bicyclic) bond motifs is 1. The van der Waals surface area contributed by atoms with Crippen molar-refractivity contribution in [2.75, 3.05) is 13.7 Å². The fraction of sp³-hybridized carbons (Fsp3) is 1.00. The van der Waals surface area contributed by atoms with Crippen molar-refractivity contribution in [3.8, 4) is 0 Å². The molecule has 2 aliphatic heterocycles. The Morgan fingerprint density at radius 1 is 1.50 bits per heavy atom. The molecule has 0 saturated carbocycles. The maximum Gasteiger partial charge on any atom is 0.186 e. The van der Waals surface area contributed by atoms with Crippen LogP contribution in [-0.2, 0) is 14.2 Å². The highest BCUT2D eigenvalue weighted by molar-refractivity contribution is 5.00. The lowest BCUT2D eigenvalue weighted by atomic mass is 10.2. The van der Waals surface area contributed by atoms with Crippen LogP contribution in [0.4, 0.5) is 0 Å². The molecule has 6 heteroatoms. The Bertz CT molecular complexity index is 228. The van der Waals surface area contributed by atoms with E-state index in [4.69, 9.17) is 19.7 Å². The van der Waals surface area contributed by atoms with Gasteiger partial charge < -0.3 is 14.2 Å². The predicted molar refractivity (Wildman–Crippen MR) is 38.3 cm³/mol. The number of azide groups is 1. The van der Waals surface area contributed by atoms with Crippen molar-refractivity contribution in [2.24, 2.45) is 5.11 Å². The molecule has 66 valence electrons. The van der Waals surface area contributed by atoms with E-state index in [-0.39, 0.29) is 24.6 Å². The third-order valence-corrected chi connectivity index (χ3v) is 2.06. The molecule has 0 N–H and O–H groups in total. The van der Waals surface area contributed by atoms with E-state index in [2.05, 4.69) is 10.0 Å². The molecule has 2 aliphatic rings. The molecule has 4 atom stereocenters. The summed E-state index contributed by atoms with van der Waals surface area (Å²) in [6.45, 7) is 0.317. The highest BCUT2D eigenvalue weighted by atomic mass is 16.8. The third-order valence-electron chi connectivity index (χ3n) is 2.06. The second kappa shape index (κ2) is 2.91. The summed E-state index contributed by atoms with van der Waals surface area (Å²) in [4.78, 5) is 2.65. The van der Waals surface area contributed by atoms with Crippen LogP contribution in [0.15, 0.2) is 5.11 Å². The number of epoxide rings is 1. The van der Waals surface area contributed by atoms with Crippen LogP contribution in [0.5, 0.6) is 0 Å². The minimum absolute atomic E-state index is 0.0499. The second-order valence-corrected chi connectivity index (χ2v) is 2.76. The van der Waals surface area contributed by atoms with Crippen molar-refractivity contribution in [2.45, 2.75) is 24.6 Å². The van der Waals surface area contributed by atoms with Crippen LogP contribution >= 0.6 is 0 Å². The Morgan fingerprint density at radius 2 is 2.33 bits per heavy atom. The van der Waals surface area contributed by atoms with Crippen molar-refractivity contribution < 1.29 is 14.2 Å². The first kappa shape index (κ1) is 7.82. The molecule has 0 bridgehead atoms. The standard InChI is InChI=1S/C6H9N3O3/c1-10-6-5-4(12-5)3(11-6)2-8-9-7/h3-6H,2H2,1H3/t3-,4-,5-,6-/m0/s1. The van der Waals surface area contributed by atoms with Gasteiger partial charge in [-0.1, -0.05) is 5.11 Å². The minimum atomic E-state index is -0.283. The number of nitrogens with zero attached hydrogens (tertiary/aromatic N) is 3. The highest BCUT2D eigenvalue weighted by Gasteiger charge is 2.58. The molecule has 2 rings (SSSR count). The van der Waals surface area contributed by atoms with Crippen molar-refractivity contribution in [3.63, 3.8) is 0 Å². The van der Waals surface area contributed by atoms with Gasteiger partial charge in [-0.15, -0.1) is 0 Å². The smallest absolute Gasteiger partial charge is 0.186 e. The lowest BCUT2D eigenvalue weighted by molar-refractivity contribution is -0.155. The normalized spacial score (nSPS) is 43.4. The van der Waals surface area contributed by atoms with Crippen molar-refractivity contribution in [3.05, 3.63) is 10.4 Å². The van der Waals surface area contributed by atoms with E-state index in [0.29, 0.717) is 6.54 Å². The van der Waals surface area contributed by atoms with E-state index in [1.165, 1.54) is 0 Å². The lowest BCUT2D eigenvalue weighted by Crippen LogP contribution is -2.23. The van der Waals surface area contributed by atoms with Crippen LogP contribution in [-0.4, -0.2) is 38.3 Å². The van der Waals surface area contributed by atoms with Gasteiger partial charge in [0.15, 0.2) is 6.29 Å². The van der Waals surface area contributed by atoms with Gasteiger partial charge in [-0.25, -0.2) is 0 Å². The van der Waals surface area contributed by atoms with Crippen molar-refractivity contribution in [1.82, 2.24) is 0 Å². The van der Waals surface area contributed by atoms with Gasteiger partial charge in [-0.3, -0.25) is 0 Å². The predicted octanol–water partition coefficient (Wildman–Crippen LogP) is 0.435. The quantitative estimate of drug-likeness (QED) is 0.267. The minimum Gasteiger partial charge on any atom is -0.361 e. The lowest BCUT2D eigenvalue weighted by Gasteiger charge is -2.13. The van der Waals surface area contributed by atoms with E-state index in [1.807, 2.05) is 0 Å². The Kier molecular flexibility index (Phi) is 1.90. The molecular weight excluding hydrogens is 162 g/mol. The van der Waals surface area contributed by atoms with E-state index >= 15 is 0 Å². The van der Waals surface area contributed by atoms with Crippen LogP contribution in [0, 0.1) is 0 Å². The fourth-order valence-corrected chi connectivity index (χ4v) is 1.44. The molecule has 6 nitrogen and oxygen atoms in total. The average Bonchev–Trinajstić information content (AvgIpc) is 2.80. The summed E-state index contributed by atoms with van der Waals surface area (Å²) in [5.74, 6) is 0. The van der Waals surface area contributed by atoms with Gasteiger partial charge in [-0.2, -0.15) is 0 Å². The zero-order chi connectivity index (χ0) is 8.55. The summed E-state index contributed by atoms with van der Waals surface area (Å²) in [6, 6.07) is 0. The molecule has 0 aromatic heterocycles. The van der Waals surface area contributed by atoms with Gasteiger partial charge in [-0.05, 0) is 5.53 Å². The summed E-state index contributed by atoms with van der Waals surface area (Å²) in [7, 11) is 1.57. The van der Waals surface area contributed by atoms with Crippen LogP contribution in [0.25, 0.3) is 10.4 Å². The van der Waals surface area contributed by atoms with Gasteiger partial charge in [0, 0.05) is 12.0 Å². The molecule has 0 aromatic rings. The number of ether oxygens (including phenoxy) is 3.